The van der Waals surface area contributed by atoms with Crippen LogP contribution in [0.4, 0.5) is 0 Å². The van der Waals surface area contributed by atoms with Crippen LogP contribution in [-0.4, -0.2) is 51.4 Å². The van der Waals surface area contributed by atoms with Gasteiger partial charge in [0.2, 0.25) is 21.8 Å². The Bertz CT molecular complexity index is 823. The van der Waals surface area contributed by atoms with Crippen molar-refractivity contribution in [3.63, 3.8) is 0 Å². The number of sulfonamides is 1. The summed E-state index contributed by atoms with van der Waals surface area (Å²) in [7, 11) is -0.413. The van der Waals surface area contributed by atoms with Gasteiger partial charge >= 0.3 is 0 Å². The molecule has 29 heavy (non-hydrogen) atoms. The van der Waals surface area contributed by atoms with Gasteiger partial charge in [0.15, 0.2) is 0 Å². The van der Waals surface area contributed by atoms with Gasteiger partial charge in [-0.1, -0.05) is 6.07 Å². The monoisotopic (exact) mass is 425 g/mol. The van der Waals surface area contributed by atoms with Crippen molar-refractivity contribution in [2.75, 3.05) is 20.8 Å². The van der Waals surface area contributed by atoms with Crippen LogP contribution in [0.25, 0.3) is 0 Å². The van der Waals surface area contributed by atoms with E-state index in [0.29, 0.717) is 24.6 Å². The smallest absolute Gasteiger partial charge is 0.226 e. The van der Waals surface area contributed by atoms with Crippen molar-refractivity contribution in [2.24, 2.45) is 11.1 Å². The molecule has 2 saturated carbocycles. The summed E-state index contributed by atoms with van der Waals surface area (Å²) in [5, 5.41) is -0.599. The molecule has 0 aliphatic heterocycles. The molecule has 0 unspecified atom stereocenters. The molecule has 9 heteroatoms. The molecule has 0 radical (unpaired) electrons. The van der Waals surface area contributed by atoms with Crippen LogP contribution in [0.1, 0.15) is 56.6 Å². The molecule has 0 spiro atoms. The molecule has 8 nitrogen and oxygen atoms in total. The number of carbonyl (C=O) groups excluding carboxylic acids is 1. The standard InChI is InChI=1S/C20H31N3O5S/c1-22-29(25,26)16-10-11-20(12-16,19(21)24)13-28-15-8-6-14(7-9-15)17-4-3-5-18(23-17)27-2/h3-5,14-16,22H,6-13H2,1-2H3,(H2,21,24)/t14?,15?,16-,20-/m0/s1. The first-order valence-corrected chi connectivity index (χ1v) is 11.7. The first-order chi connectivity index (χ1) is 13.8. The third-order valence-corrected chi connectivity index (χ3v) is 8.30. The Morgan fingerprint density at radius 3 is 2.62 bits per heavy atom. The average molecular weight is 426 g/mol. The zero-order valence-electron chi connectivity index (χ0n) is 17.1. The van der Waals surface area contributed by atoms with Crippen molar-refractivity contribution in [1.29, 1.82) is 0 Å². The summed E-state index contributed by atoms with van der Waals surface area (Å²) in [5.41, 5.74) is 5.80. The van der Waals surface area contributed by atoms with E-state index in [0.717, 1.165) is 31.4 Å². The van der Waals surface area contributed by atoms with E-state index in [1.54, 1.807) is 7.11 Å². The molecule has 0 aromatic carbocycles. The number of nitrogens with two attached hydrogens (primary N) is 1. The molecule has 162 valence electrons. The van der Waals surface area contributed by atoms with Crippen LogP contribution in [0.3, 0.4) is 0 Å². The molecular weight excluding hydrogens is 394 g/mol. The first-order valence-electron chi connectivity index (χ1n) is 10.1. The fourth-order valence-corrected chi connectivity index (χ4v) is 5.81. The van der Waals surface area contributed by atoms with Gasteiger partial charge < -0.3 is 15.2 Å². The number of nitrogens with one attached hydrogen (secondary N) is 1. The van der Waals surface area contributed by atoms with Crippen LogP contribution < -0.4 is 15.2 Å². The minimum Gasteiger partial charge on any atom is -0.481 e. The van der Waals surface area contributed by atoms with Crippen LogP contribution in [0, 0.1) is 5.41 Å². The second kappa shape index (κ2) is 8.97. The highest BCUT2D eigenvalue weighted by Gasteiger charge is 2.48. The number of ether oxygens (including phenoxy) is 2. The molecule has 0 bridgehead atoms. The summed E-state index contributed by atoms with van der Waals surface area (Å²) in [6.45, 7) is 0.185. The normalized spacial score (nSPS) is 30.2. The fraction of sp³-hybridized carbons (Fsp3) is 0.700. The maximum atomic E-state index is 12.2. The Morgan fingerprint density at radius 2 is 2.00 bits per heavy atom. The third kappa shape index (κ3) is 4.90. The van der Waals surface area contributed by atoms with Crippen LogP contribution in [-0.2, 0) is 19.6 Å². The fourth-order valence-electron chi connectivity index (χ4n) is 4.51. The lowest BCUT2D eigenvalue weighted by Gasteiger charge is -2.32. The summed E-state index contributed by atoms with van der Waals surface area (Å²) in [6, 6.07) is 5.82. The lowest BCUT2D eigenvalue weighted by Crippen LogP contribution is -2.42. The quantitative estimate of drug-likeness (QED) is 0.654. The van der Waals surface area contributed by atoms with Gasteiger partial charge in [-0.05, 0) is 58.1 Å². The van der Waals surface area contributed by atoms with E-state index in [1.165, 1.54) is 7.05 Å². The van der Waals surface area contributed by atoms with Crippen molar-refractivity contribution < 1.29 is 22.7 Å². The summed E-state index contributed by atoms with van der Waals surface area (Å²) in [4.78, 5) is 16.7. The number of aromatic nitrogens is 1. The van der Waals surface area contributed by atoms with Crippen LogP contribution in [0.5, 0.6) is 5.88 Å². The molecule has 1 heterocycles. The van der Waals surface area contributed by atoms with Crippen molar-refractivity contribution in [3.05, 3.63) is 23.9 Å². The average Bonchev–Trinajstić information content (AvgIpc) is 3.20. The number of pyridine rings is 1. The van der Waals surface area contributed by atoms with Gasteiger partial charge in [-0.2, -0.15) is 0 Å². The van der Waals surface area contributed by atoms with Gasteiger partial charge in [0, 0.05) is 17.7 Å². The van der Waals surface area contributed by atoms with Gasteiger partial charge in [-0.25, -0.2) is 18.1 Å². The predicted molar refractivity (Wildman–Crippen MR) is 109 cm³/mol. The molecule has 1 aromatic rings. The van der Waals surface area contributed by atoms with Crippen molar-refractivity contribution in [2.45, 2.75) is 62.2 Å². The van der Waals surface area contributed by atoms with Gasteiger partial charge in [0.05, 0.1) is 30.5 Å². The van der Waals surface area contributed by atoms with E-state index in [2.05, 4.69) is 9.71 Å². The Balaban J connectivity index is 1.55. The van der Waals surface area contributed by atoms with E-state index in [1.807, 2.05) is 18.2 Å². The molecule has 2 aliphatic carbocycles. The molecule has 3 rings (SSSR count). The first kappa shape index (κ1) is 22.0. The molecule has 2 fully saturated rings. The van der Waals surface area contributed by atoms with E-state index in [-0.39, 0.29) is 19.1 Å². The number of primary amides is 1. The number of rotatable bonds is 8. The Kier molecular flexibility index (Phi) is 6.80. The SMILES string of the molecule is CNS(=O)(=O)[C@H]1CC[C@](COC2CCC(c3cccc(OC)n3)CC2)(C(N)=O)C1. The Morgan fingerprint density at radius 1 is 1.28 bits per heavy atom. The molecule has 0 saturated heterocycles. The van der Waals surface area contributed by atoms with Crippen molar-refractivity contribution in [1.82, 2.24) is 9.71 Å². The number of methoxy groups -OCH3 is 1. The number of amides is 1. The number of carbonyl (C=O) groups is 1. The third-order valence-electron chi connectivity index (χ3n) is 6.45. The zero-order valence-corrected chi connectivity index (χ0v) is 17.9. The van der Waals surface area contributed by atoms with Crippen LogP contribution in [0.2, 0.25) is 0 Å². The van der Waals surface area contributed by atoms with Gasteiger partial charge in [0.1, 0.15) is 0 Å². The number of hydrogen-bond acceptors (Lipinski definition) is 6. The van der Waals surface area contributed by atoms with E-state index < -0.39 is 26.6 Å². The second-order valence-corrected chi connectivity index (χ2v) is 10.3. The Hall–Kier alpha value is -1.71. The highest BCUT2D eigenvalue weighted by molar-refractivity contribution is 7.90. The number of hydrogen-bond donors (Lipinski definition) is 2. The predicted octanol–water partition coefficient (Wildman–Crippen LogP) is 1.71. The second-order valence-electron chi connectivity index (χ2n) is 8.15. The summed E-state index contributed by atoms with van der Waals surface area (Å²) in [5.74, 6) is 0.517. The van der Waals surface area contributed by atoms with Gasteiger partial charge in [-0.3, -0.25) is 4.79 Å². The van der Waals surface area contributed by atoms with Gasteiger partial charge in [-0.15, -0.1) is 0 Å². The maximum absolute atomic E-state index is 12.2. The minimum atomic E-state index is -3.42. The van der Waals surface area contributed by atoms with E-state index in [9.17, 15) is 13.2 Å². The largest absolute Gasteiger partial charge is 0.481 e. The van der Waals surface area contributed by atoms with Crippen LogP contribution in [0.15, 0.2) is 18.2 Å². The zero-order chi connectivity index (χ0) is 21.1. The van der Waals surface area contributed by atoms with E-state index >= 15 is 0 Å². The highest BCUT2D eigenvalue weighted by atomic mass is 32.2. The molecular formula is C20H31N3O5S. The highest BCUT2D eigenvalue weighted by Crippen LogP contribution is 2.42. The molecule has 2 atom stereocenters. The van der Waals surface area contributed by atoms with Crippen molar-refractivity contribution in [3.8, 4) is 5.88 Å². The topological polar surface area (TPSA) is 121 Å². The molecule has 2 aliphatic rings. The number of nitrogens with zero attached hydrogens (tertiary/aromatic N) is 1. The molecule has 3 N–H and O–H groups in total. The maximum Gasteiger partial charge on any atom is 0.226 e. The molecule has 1 aromatic heterocycles. The molecule has 1 amide bonds. The van der Waals surface area contributed by atoms with Gasteiger partial charge in [0.25, 0.3) is 0 Å². The summed E-state index contributed by atoms with van der Waals surface area (Å²) >= 11 is 0. The van der Waals surface area contributed by atoms with Crippen LogP contribution >= 0.6 is 0 Å². The van der Waals surface area contributed by atoms with E-state index in [4.69, 9.17) is 15.2 Å². The summed E-state index contributed by atoms with van der Waals surface area (Å²) < 4.78 is 37.9. The van der Waals surface area contributed by atoms with Crippen molar-refractivity contribution >= 4 is 15.9 Å². The lowest BCUT2D eigenvalue weighted by atomic mass is 9.84. The lowest BCUT2D eigenvalue weighted by molar-refractivity contribution is -0.133. The Labute approximate surface area is 172 Å². The summed E-state index contributed by atoms with van der Waals surface area (Å²) in [6.07, 6.45) is 4.77. The minimum absolute atomic E-state index is 0.0491.